The minimum Gasteiger partial charge on any atom is -0.490 e. The van der Waals surface area contributed by atoms with Gasteiger partial charge in [0.1, 0.15) is 12.4 Å². The number of hydrogen-bond acceptors (Lipinski definition) is 3. The Balaban J connectivity index is 2.87. The zero-order valence-corrected chi connectivity index (χ0v) is 10.1. The normalized spacial score (nSPS) is 13.3. The highest BCUT2D eigenvalue weighted by atomic mass is 16.5. The summed E-state index contributed by atoms with van der Waals surface area (Å²) in [6.07, 6.45) is 8.47. The molecule has 90 valence electrons. The van der Waals surface area contributed by atoms with Gasteiger partial charge in [0.15, 0.2) is 0 Å². The van der Waals surface area contributed by atoms with Crippen LogP contribution >= 0.6 is 0 Å². The van der Waals surface area contributed by atoms with Gasteiger partial charge in [-0.25, -0.2) is 4.98 Å². The fourth-order valence-electron chi connectivity index (χ4n) is 1.27. The van der Waals surface area contributed by atoms with Gasteiger partial charge in [-0.1, -0.05) is 18.7 Å². The van der Waals surface area contributed by atoms with Crippen LogP contribution in [0.4, 0.5) is 0 Å². The molecule has 0 aliphatic heterocycles. The summed E-state index contributed by atoms with van der Waals surface area (Å²) in [5.41, 5.74) is -0.213. The Morgan fingerprint density at radius 2 is 2.35 bits per heavy atom. The van der Waals surface area contributed by atoms with Crippen LogP contribution in [0.5, 0.6) is 0 Å². The van der Waals surface area contributed by atoms with Crippen LogP contribution in [0.15, 0.2) is 35.5 Å². The smallest absolute Gasteiger partial charge is 0.266 e. The summed E-state index contributed by atoms with van der Waals surface area (Å²) in [5.74, 6) is 0.593. The number of ether oxygens (including phenoxy) is 1. The first kappa shape index (κ1) is 13.0. The molecule has 1 aromatic heterocycles. The van der Waals surface area contributed by atoms with Crippen LogP contribution in [-0.4, -0.2) is 16.6 Å². The first-order valence-electron chi connectivity index (χ1n) is 5.33. The first-order chi connectivity index (χ1) is 8.17. The van der Waals surface area contributed by atoms with Gasteiger partial charge in [-0.05, 0) is 26.0 Å². The van der Waals surface area contributed by atoms with Crippen molar-refractivity contribution in [1.82, 2.24) is 9.97 Å². The summed E-state index contributed by atoms with van der Waals surface area (Å²) < 4.78 is 5.33. The number of nitrogens with zero attached hydrogens (tertiary/aromatic N) is 1. The lowest BCUT2D eigenvalue weighted by molar-refractivity contribution is 0.272. The molecule has 0 aliphatic rings. The van der Waals surface area contributed by atoms with Gasteiger partial charge < -0.3 is 9.72 Å². The Morgan fingerprint density at radius 1 is 1.59 bits per heavy atom. The Bertz CT molecular complexity index is 582. The van der Waals surface area contributed by atoms with Crippen molar-refractivity contribution in [2.75, 3.05) is 6.61 Å². The number of nitrogens with one attached hydrogen (secondary N) is 1. The molecule has 4 nitrogen and oxygen atoms in total. The minimum atomic E-state index is -0.213. The van der Waals surface area contributed by atoms with Crippen molar-refractivity contribution in [1.29, 1.82) is 0 Å². The van der Waals surface area contributed by atoms with E-state index in [2.05, 4.69) is 16.5 Å². The molecule has 1 heterocycles. The molecule has 0 atom stereocenters. The standard InChI is InChI=1S/C13H16N2O2/c1-4-6-10(3)17-8-7-12-11(5-2)15-13(16)9-14-12/h4-7,9H,3,8H2,1-2H3,(H,15,16)/b6-4-,11-5-,12-7-. The lowest BCUT2D eigenvalue weighted by Gasteiger charge is -2.00. The molecule has 0 aromatic carbocycles. The van der Waals surface area contributed by atoms with E-state index >= 15 is 0 Å². The number of aromatic amines is 1. The maximum Gasteiger partial charge on any atom is 0.266 e. The quantitative estimate of drug-likeness (QED) is 0.606. The molecule has 1 N–H and O–H groups in total. The Kier molecular flexibility index (Phi) is 4.94. The van der Waals surface area contributed by atoms with Gasteiger partial charge in [0, 0.05) is 0 Å². The maximum absolute atomic E-state index is 11.1. The van der Waals surface area contributed by atoms with E-state index in [0.717, 1.165) is 0 Å². The van der Waals surface area contributed by atoms with Crippen molar-refractivity contribution in [2.24, 2.45) is 0 Å². The lowest BCUT2D eigenvalue weighted by Crippen LogP contribution is -2.36. The number of allylic oxidation sites excluding steroid dienone is 2. The summed E-state index contributed by atoms with van der Waals surface area (Å²) in [5, 5.41) is 1.39. The van der Waals surface area contributed by atoms with Crippen LogP contribution in [0.2, 0.25) is 0 Å². The third-order valence-corrected chi connectivity index (χ3v) is 2.04. The van der Waals surface area contributed by atoms with E-state index in [1.165, 1.54) is 6.20 Å². The van der Waals surface area contributed by atoms with Gasteiger partial charge in [-0.2, -0.15) is 0 Å². The largest absolute Gasteiger partial charge is 0.490 e. The minimum absolute atomic E-state index is 0.213. The highest BCUT2D eigenvalue weighted by Crippen LogP contribution is 1.94. The van der Waals surface area contributed by atoms with E-state index in [1.807, 2.05) is 19.9 Å². The molecule has 0 amide bonds. The highest BCUT2D eigenvalue weighted by Gasteiger charge is 1.89. The number of aromatic nitrogens is 2. The van der Waals surface area contributed by atoms with E-state index in [4.69, 9.17) is 4.74 Å². The lowest BCUT2D eigenvalue weighted by atomic mass is 10.4. The van der Waals surface area contributed by atoms with E-state index in [0.29, 0.717) is 23.1 Å². The SMILES string of the molecule is C=C(/C=C\C)OC/C=c1\ncc(=O)[nH]\c1=C/C. The molecule has 0 fully saturated rings. The summed E-state index contributed by atoms with van der Waals surface area (Å²) in [4.78, 5) is 17.8. The monoisotopic (exact) mass is 232 g/mol. The van der Waals surface area contributed by atoms with Gasteiger partial charge in [0.25, 0.3) is 5.56 Å². The average Bonchev–Trinajstić information content (AvgIpc) is 2.31. The second-order valence-electron chi connectivity index (χ2n) is 3.32. The van der Waals surface area contributed by atoms with Crippen LogP contribution in [0.3, 0.4) is 0 Å². The Morgan fingerprint density at radius 3 is 3.00 bits per heavy atom. The zero-order valence-electron chi connectivity index (χ0n) is 10.1. The van der Waals surface area contributed by atoms with Crippen LogP contribution in [-0.2, 0) is 4.74 Å². The van der Waals surface area contributed by atoms with Crippen molar-refractivity contribution in [3.05, 3.63) is 51.7 Å². The molecule has 0 unspecified atom stereocenters. The van der Waals surface area contributed by atoms with Crippen molar-refractivity contribution >= 4 is 12.2 Å². The zero-order chi connectivity index (χ0) is 12.7. The molecule has 1 rings (SSSR count). The number of H-pyrrole nitrogens is 1. The van der Waals surface area contributed by atoms with E-state index in [9.17, 15) is 4.79 Å². The molecule has 0 aliphatic carbocycles. The average molecular weight is 232 g/mol. The molecule has 17 heavy (non-hydrogen) atoms. The van der Waals surface area contributed by atoms with Crippen LogP contribution in [0.1, 0.15) is 13.8 Å². The predicted octanol–water partition coefficient (Wildman–Crippen LogP) is 0.457. The van der Waals surface area contributed by atoms with E-state index in [1.54, 1.807) is 18.2 Å². The topological polar surface area (TPSA) is 55.0 Å². The van der Waals surface area contributed by atoms with Gasteiger partial charge >= 0.3 is 0 Å². The third-order valence-electron chi connectivity index (χ3n) is 2.04. The highest BCUT2D eigenvalue weighted by molar-refractivity contribution is 5.24. The van der Waals surface area contributed by atoms with Crippen molar-refractivity contribution in [3.8, 4) is 0 Å². The molecule has 0 saturated carbocycles. The second-order valence-corrected chi connectivity index (χ2v) is 3.32. The maximum atomic E-state index is 11.1. The third kappa shape index (κ3) is 4.10. The van der Waals surface area contributed by atoms with Gasteiger partial charge in [0.2, 0.25) is 0 Å². The molecule has 1 aromatic rings. The fraction of sp³-hybridized carbons (Fsp3) is 0.231. The van der Waals surface area contributed by atoms with Crippen LogP contribution in [0.25, 0.3) is 12.2 Å². The number of hydrogen-bond donors (Lipinski definition) is 1. The summed E-state index contributed by atoms with van der Waals surface area (Å²) in [7, 11) is 0. The van der Waals surface area contributed by atoms with Crippen molar-refractivity contribution in [3.63, 3.8) is 0 Å². The van der Waals surface area contributed by atoms with E-state index in [-0.39, 0.29) is 5.56 Å². The molecular formula is C13H16N2O2. The molecule has 0 saturated heterocycles. The van der Waals surface area contributed by atoms with Gasteiger partial charge in [-0.15, -0.1) is 0 Å². The molecule has 0 bridgehead atoms. The summed E-state index contributed by atoms with van der Waals surface area (Å²) in [6.45, 7) is 7.81. The summed E-state index contributed by atoms with van der Waals surface area (Å²) >= 11 is 0. The Labute approximate surface area is 99.7 Å². The first-order valence-corrected chi connectivity index (χ1v) is 5.33. The number of rotatable bonds is 4. The van der Waals surface area contributed by atoms with Crippen molar-refractivity contribution in [2.45, 2.75) is 13.8 Å². The molecule has 0 radical (unpaired) electrons. The fourth-order valence-corrected chi connectivity index (χ4v) is 1.27. The Hall–Kier alpha value is -2.10. The second kappa shape index (κ2) is 6.48. The molecule has 0 spiro atoms. The predicted molar refractivity (Wildman–Crippen MR) is 68.6 cm³/mol. The van der Waals surface area contributed by atoms with Crippen LogP contribution in [0, 0.1) is 0 Å². The van der Waals surface area contributed by atoms with E-state index < -0.39 is 0 Å². The van der Waals surface area contributed by atoms with Crippen molar-refractivity contribution < 1.29 is 4.74 Å². The van der Waals surface area contributed by atoms with Gasteiger partial charge in [0.05, 0.1) is 16.9 Å². The van der Waals surface area contributed by atoms with Gasteiger partial charge in [-0.3, -0.25) is 4.79 Å². The summed E-state index contributed by atoms with van der Waals surface area (Å²) in [6, 6.07) is 0. The molecule has 4 heteroatoms. The molecular weight excluding hydrogens is 216 g/mol. The van der Waals surface area contributed by atoms with Crippen LogP contribution < -0.4 is 16.3 Å².